The van der Waals surface area contributed by atoms with Gasteiger partial charge in [0.05, 0.1) is 17.8 Å². The monoisotopic (exact) mass is 491 g/mol. The molecule has 2 aromatic carbocycles. The number of nitrogens with zero attached hydrogens (tertiary/aromatic N) is 2. The standard InChI is InChI=1S/C30H41N3O3/c1-9-25(28(35)31-23-14-12-13-15-24(23)33-27(34)18-20(4)32-33)36-26-17-16-21(29(5,6)10-2)19-22(26)30(7,8)11-3/h12-17,19,25H,9-11,18H2,1-8H3,(H,31,35). The molecule has 0 aliphatic carbocycles. The molecular weight excluding hydrogens is 450 g/mol. The Morgan fingerprint density at radius 3 is 2.31 bits per heavy atom. The Hall–Kier alpha value is -3.15. The van der Waals surface area contributed by atoms with E-state index in [0.29, 0.717) is 17.8 Å². The van der Waals surface area contributed by atoms with Gasteiger partial charge in [-0.15, -0.1) is 0 Å². The summed E-state index contributed by atoms with van der Waals surface area (Å²) in [5.41, 5.74) is 4.16. The Morgan fingerprint density at radius 1 is 1.06 bits per heavy atom. The molecule has 1 atom stereocenters. The van der Waals surface area contributed by atoms with Gasteiger partial charge in [-0.1, -0.05) is 72.7 Å². The topological polar surface area (TPSA) is 71.0 Å². The molecule has 0 spiro atoms. The van der Waals surface area contributed by atoms with E-state index in [1.165, 1.54) is 10.6 Å². The summed E-state index contributed by atoms with van der Waals surface area (Å²) in [5.74, 6) is 0.372. The van der Waals surface area contributed by atoms with Gasteiger partial charge in [-0.05, 0) is 60.8 Å². The molecule has 0 fully saturated rings. The summed E-state index contributed by atoms with van der Waals surface area (Å²) in [6.45, 7) is 17.1. The van der Waals surface area contributed by atoms with Crippen molar-refractivity contribution >= 4 is 28.9 Å². The van der Waals surface area contributed by atoms with Crippen molar-refractivity contribution in [2.45, 2.75) is 98.0 Å². The fourth-order valence-corrected chi connectivity index (χ4v) is 4.17. The lowest BCUT2D eigenvalue weighted by atomic mass is 9.76. The Balaban J connectivity index is 1.90. The van der Waals surface area contributed by atoms with Crippen molar-refractivity contribution in [1.29, 1.82) is 0 Å². The second kappa shape index (κ2) is 10.9. The van der Waals surface area contributed by atoms with Gasteiger partial charge >= 0.3 is 0 Å². The molecule has 1 N–H and O–H groups in total. The van der Waals surface area contributed by atoms with Gasteiger partial charge in [-0.3, -0.25) is 9.59 Å². The lowest BCUT2D eigenvalue weighted by molar-refractivity contribution is -0.123. The minimum absolute atomic E-state index is 0.0518. The third-order valence-corrected chi connectivity index (χ3v) is 7.49. The van der Waals surface area contributed by atoms with Crippen LogP contribution in [0.25, 0.3) is 0 Å². The van der Waals surface area contributed by atoms with Crippen molar-refractivity contribution in [2.24, 2.45) is 5.10 Å². The maximum absolute atomic E-state index is 13.4. The van der Waals surface area contributed by atoms with E-state index < -0.39 is 6.10 Å². The lowest BCUT2D eigenvalue weighted by Gasteiger charge is -2.31. The maximum atomic E-state index is 13.4. The molecule has 0 saturated heterocycles. The van der Waals surface area contributed by atoms with Gasteiger partial charge in [0.2, 0.25) is 0 Å². The summed E-state index contributed by atoms with van der Waals surface area (Å²) < 4.78 is 6.40. The van der Waals surface area contributed by atoms with Crippen molar-refractivity contribution in [3.63, 3.8) is 0 Å². The SMILES string of the molecule is CCC(Oc1ccc(C(C)(C)CC)cc1C(C)(C)CC)C(=O)Nc1ccccc1N1N=C(C)CC1=O. The first-order chi connectivity index (χ1) is 16.9. The van der Waals surface area contributed by atoms with Crippen LogP contribution >= 0.6 is 0 Å². The van der Waals surface area contributed by atoms with Crippen LogP contribution in [-0.4, -0.2) is 23.6 Å². The van der Waals surface area contributed by atoms with Crippen LogP contribution in [0.2, 0.25) is 0 Å². The van der Waals surface area contributed by atoms with E-state index in [-0.39, 0.29) is 29.1 Å². The first-order valence-electron chi connectivity index (χ1n) is 13.0. The Labute approximate surface area is 216 Å². The highest BCUT2D eigenvalue weighted by molar-refractivity contribution is 6.13. The van der Waals surface area contributed by atoms with Crippen molar-refractivity contribution in [2.75, 3.05) is 10.3 Å². The molecule has 0 saturated carbocycles. The number of ether oxygens (including phenoxy) is 1. The molecule has 2 amide bonds. The zero-order valence-electron chi connectivity index (χ0n) is 23.1. The predicted molar refractivity (Wildman–Crippen MR) is 148 cm³/mol. The summed E-state index contributed by atoms with van der Waals surface area (Å²) in [4.78, 5) is 25.8. The van der Waals surface area contributed by atoms with E-state index in [0.717, 1.165) is 29.9 Å². The first kappa shape index (κ1) is 27.4. The normalized spacial score (nSPS) is 15.1. The van der Waals surface area contributed by atoms with E-state index in [2.05, 4.69) is 64.1 Å². The van der Waals surface area contributed by atoms with Crippen molar-refractivity contribution in [1.82, 2.24) is 0 Å². The van der Waals surface area contributed by atoms with Gasteiger partial charge in [0.15, 0.2) is 6.10 Å². The molecule has 1 aliphatic rings. The number of benzene rings is 2. The van der Waals surface area contributed by atoms with Crippen molar-refractivity contribution < 1.29 is 14.3 Å². The summed E-state index contributed by atoms with van der Waals surface area (Å²) in [6.07, 6.45) is 2.07. The fourth-order valence-electron chi connectivity index (χ4n) is 4.17. The summed E-state index contributed by atoms with van der Waals surface area (Å²) in [7, 11) is 0. The molecule has 1 heterocycles. The van der Waals surface area contributed by atoms with Gasteiger partial charge in [-0.2, -0.15) is 10.1 Å². The highest BCUT2D eigenvalue weighted by Gasteiger charge is 2.30. The number of hydrazone groups is 1. The molecule has 3 rings (SSSR count). The number of hydrogen-bond donors (Lipinski definition) is 1. The average molecular weight is 492 g/mol. The number of rotatable bonds is 10. The van der Waals surface area contributed by atoms with Crippen molar-refractivity contribution in [3.05, 3.63) is 53.6 Å². The second-order valence-electron chi connectivity index (χ2n) is 10.9. The minimum Gasteiger partial charge on any atom is -0.480 e. The van der Waals surface area contributed by atoms with Crippen LogP contribution in [-0.2, 0) is 20.4 Å². The lowest BCUT2D eigenvalue weighted by Crippen LogP contribution is -2.34. The van der Waals surface area contributed by atoms with E-state index in [1.807, 2.05) is 32.0 Å². The van der Waals surface area contributed by atoms with E-state index >= 15 is 0 Å². The molecule has 0 aromatic heterocycles. The fraction of sp³-hybridized carbons (Fsp3) is 0.500. The largest absolute Gasteiger partial charge is 0.480 e. The molecule has 194 valence electrons. The van der Waals surface area contributed by atoms with Crippen LogP contribution in [0.3, 0.4) is 0 Å². The highest BCUT2D eigenvalue weighted by Crippen LogP contribution is 2.39. The molecule has 6 heteroatoms. The van der Waals surface area contributed by atoms with Gasteiger partial charge in [0.1, 0.15) is 5.75 Å². The number of nitrogens with one attached hydrogen (secondary N) is 1. The van der Waals surface area contributed by atoms with Crippen LogP contribution in [0.1, 0.15) is 92.2 Å². The third kappa shape index (κ3) is 5.80. The highest BCUT2D eigenvalue weighted by atomic mass is 16.5. The molecule has 0 radical (unpaired) electrons. The zero-order chi connectivity index (χ0) is 26.7. The van der Waals surface area contributed by atoms with Crippen LogP contribution in [0.5, 0.6) is 5.75 Å². The van der Waals surface area contributed by atoms with Crippen LogP contribution < -0.4 is 15.1 Å². The quantitative estimate of drug-likeness (QED) is 0.390. The minimum atomic E-state index is -0.686. The summed E-state index contributed by atoms with van der Waals surface area (Å²) >= 11 is 0. The van der Waals surface area contributed by atoms with E-state index in [4.69, 9.17) is 4.74 Å². The van der Waals surface area contributed by atoms with E-state index in [1.54, 1.807) is 12.1 Å². The Morgan fingerprint density at radius 2 is 1.72 bits per heavy atom. The number of para-hydroxylation sites is 2. The van der Waals surface area contributed by atoms with Gasteiger partial charge in [-0.25, -0.2) is 0 Å². The van der Waals surface area contributed by atoms with Gasteiger partial charge in [0.25, 0.3) is 11.8 Å². The molecule has 1 unspecified atom stereocenters. The summed E-state index contributed by atoms with van der Waals surface area (Å²) in [5, 5.41) is 8.69. The predicted octanol–water partition coefficient (Wildman–Crippen LogP) is 6.97. The number of carbonyl (C=O) groups is 2. The maximum Gasteiger partial charge on any atom is 0.265 e. The van der Waals surface area contributed by atoms with Gasteiger partial charge in [0, 0.05) is 11.3 Å². The van der Waals surface area contributed by atoms with E-state index in [9.17, 15) is 9.59 Å². The molecule has 1 aliphatic heterocycles. The molecular formula is C30H41N3O3. The van der Waals surface area contributed by atoms with Crippen LogP contribution in [0, 0.1) is 0 Å². The Kier molecular flexibility index (Phi) is 8.27. The van der Waals surface area contributed by atoms with Gasteiger partial charge < -0.3 is 10.1 Å². The summed E-state index contributed by atoms with van der Waals surface area (Å²) in [6, 6.07) is 13.6. The molecule has 6 nitrogen and oxygen atoms in total. The van der Waals surface area contributed by atoms with Crippen LogP contribution in [0.4, 0.5) is 11.4 Å². The first-order valence-corrected chi connectivity index (χ1v) is 13.0. The third-order valence-electron chi connectivity index (χ3n) is 7.49. The second-order valence-corrected chi connectivity index (χ2v) is 10.9. The number of hydrogen-bond acceptors (Lipinski definition) is 4. The Bertz CT molecular complexity index is 1150. The smallest absolute Gasteiger partial charge is 0.265 e. The average Bonchev–Trinajstić information content (AvgIpc) is 3.20. The number of amides is 2. The number of carbonyl (C=O) groups excluding carboxylic acids is 2. The molecule has 36 heavy (non-hydrogen) atoms. The molecule has 2 aromatic rings. The number of anilines is 2. The zero-order valence-corrected chi connectivity index (χ0v) is 23.1. The van der Waals surface area contributed by atoms with Crippen LogP contribution in [0.15, 0.2) is 47.6 Å². The van der Waals surface area contributed by atoms with Crippen molar-refractivity contribution in [3.8, 4) is 5.75 Å². The molecule has 0 bridgehead atoms.